The van der Waals surface area contributed by atoms with Gasteiger partial charge in [-0.1, -0.05) is 12.1 Å². The molecule has 2 amide bonds. The molecule has 39 heavy (non-hydrogen) atoms. The second kappa shape index (κ2) is 11.4. The number of carbonyl (C=O) groups excluding carboxylic acids is 2. The van der Waals surface area contributed by atoms with Crippen LogP contribution in [0.5, 0.6) is 0 Å². The molecule has 11 heteroatoms. The van der Waals surface area contributed by atoms with E-state index in [-0.39, 0.29) is 29.5 Å². The van der Waals surface area contributed by atoms with Crippen LogP contribution in [0.2, 0.25) is 0 Å². The molecule has 3 aromatic rings. The summed E-state index contributed by atoms with van der Waals surface area (Å²) >= 11 is 0. The molecule has 0 spiro atoms. The van der Waals surface area contributed by atoms with Crippen LogP contribution in [0.3, 0.4) is 0 Å². The van der Waals surface area contributed by atoms with Gasteiger partial charge in [-0.25, -0.2) is 9.97 Å². The summed E-state index contributed by atoms with van der Waals surface area (Å²) < 4.78 is 1.82. The van der Waals surface area contributed by atoms with Crippen LogP contribution < -0.4 is 21.3 Å². The summed E-state index contributed by atoms with van der Waals surface area (Å²) in [5.41, 5.74) is 8.33. The normalized spacial score (nSPS) is 19.2. The number of anilines is 3. The van der Waals surface area contributed by atoms with Crippen LogP contribution in [0.4, 0.5) is 17.3 Å². The van der Waals surface area contributed by atoms with Crippen molar-refractivity contribution in [1.82, 2.24) is 30.0 Å². The Kier molecular flexibility index (Phi) is 7.78. The van der Waals surface area contributed by atoms with E-state index in [1.165, 1.54) is 18.4 Å². The van der Waals surface area contributed by atoms with Crippen LogP contribution >= 0.6 is 0 Å². The monoisotopic (exact) mass is 531 g/mol. The summed E-state index contributed by atoms with van der Waals surface area (Å²) in [7, 11) is 4.01. The van der Waals surface area contributed by atoms with Gasteiger partial charge in [0.05, 0.1) is 24.6 Å². The maximum Gasteiger partial charge on any atom is 0.271 e. The summed E-state index contributed by atoms with van der Waals surface area (Å²) in [6.45, 7) is 4.41. The number of aromatic nitrogens is 4. The molecular formula is C28H37N9O2. The van der Waals surface area contributed by atoms with Gasteiger partial charge in [0.15, 0.2) is 11.5 Å². The summed E-state index contributed by atoms with van der Waals surface area (Å²) in [5.74, 6) is 0.819. The third-order valence-corrected chi connectivity index (χ3v) is 7.49. The van der Waals surface area contributed by atoms with Crippen molar-refractivity contribution in [3.63, 3.8) is 0 Å². The van der Waals surface area contributed by atoms with Gasteiger partial charge in [0.25, 0.3) is 11.8 Å². The second-order valence-electron chi connectivity index (χ2n) is 10.8. The maximum atomic E-state index is 13.0. The fourth-order valence-corrected chi connectivity index (χ4v) is 5.01. The number of benzene rings is 1. The number of nitrogens with zero attached hydrogens (tertiary/aromatic N) is 6. The van der Waals surface area contributed by atoms with Gasteiger partial charge in [-0.05, 0) is 70.3 Å². The Labute approximate surface area is 228 Å². The van der Waals surface area contributed by atoms with Gasteiger partial charge in [-0.3, -0.25) is 14.3 Å². The second-order valence-corrected chi connectivity index (χ2v) is 10.8. The molecule has 5 rings (SSSR count). The number of hydrogen-bond acceptors (Lipinski definition) is 8. The minimum atomic E-state index is -0.666. The number of amides is 2. The Hall–Kier alpha value is -3.99. The first-order chi connectivity index (χ1) is 18.8. The van der Waals surface area contributed by atoms with Gasteiger partial charge in [0.1, 0.15) is 5.82 Å². The Balaban J connectivity index is 1.29. The number of rotatable bonds is 10. The molecule has 2 fully saturated rings. The molecule has 0 unspecified atom stereocenters. The Bertz CT molecular complexity index is 1320. The van der Waals surface area contributed by atoms with E-state index >= 15 is 0 Å². The Morgan fingerprint density at radius 1 is 1.13 bits per heavy atom. The lowest BCUT2D eigenvalue weighted by atomic mass is 9.97. The molecule has 3 heterocycles. The molecule has 1 aliphatic carbocycles. The van der Waals surface area contributed by atoms with Gasteiger partial charge >= 0.3 is 0 Å². The van der Waals surface area contributed by atoms with Gasteiger partial charge in [0.2, 0.25) is 0 Å². The highest BCUT2D eigenvalue weighted by atomic mass is 16.2. The third kappa shape index (κ3) is 6.36. The largest absolute Gasteiger partial charge is 0.364 e. The van der Waals surface area contributed by atoms with Crippen LogP contribution in [-0.4, -0.2) is 75.7 Å². The van der Waals surface area contributed by atoms with E-state index in [1.54, 1.807) is 12.4 Å². The van der Waals surface area contributed by atoms with Crippen LogP contribution in [0.15, 0.2) is 42.9 Å². The van der Waals surface area contributed by atoms with Crippen molar-refractivity contribution in [2.45, 2.75) is 57.2 Å². The minimum absolute atomic E-state index is 0.0243. The van der Waals surface area contributed by atoms with E-state index in [0.717, 1.165) is 32.5 Å². The lowest BCUT2D eigenvalue weighted by molar-refractivity contribution is 0.0923. The van der Waals surface area contributed by atoms with Crippen molar-refractivity contribution in [3.05, 3.63) is 59.7 Å². The first-order valence-corrected chi connectivity index (χ1v) is 13.6. The average molecular weight is 532 g/mol. The van der Waals surface area contributed by atoms with E-state index in [1.807, 2.05) is 37.1 Å². The van der Waals surface area contributed by atoms with Gasteiger partial charge in [-0.2, -0.15) is 5.10 Å². The number of hydrogen-bond donors (Lipinski definition) is 3. The van der Waals surface area contributed by atoms with Crippen molar-refractivity contribution >= 4 is 29.1 Å². The van der Waals surface area contributed by atoms with E-state index in [4.69, 9.17) is 10.7 Å². The molecule has 1 aliphatic heterocycles. The number of nitrogens with two attached hydrogens (primary N) is 1. The van der Waals surface area contributed by atoms with Crippen molar-refractivity contribution in [2.75, 3.05) is 37.4 Å². The van der Waals surface area contributed by atoms with E-state index < -0.39 is 5.91 Å². The number of primary amides is 1. The first-order valence-electron chi connectivity index (χ1n) is 13.6. The minimum Gasteiger partial charge on any atom is -0.364 e. The molecule has 0 radical (unpaired) electrons. The molecule has 1 saturated carbocycles. The van der Waals surface area contributed by atoms with Crippen LogP contribution in [0.25, 0.3) is 0 Å². The number of piperidine rings is 1. The first kappa shape index (κ1) is 26.6. The van der Waals surface area contributed by atoms with Gasteiger partial charge in [-0.15, -0.1) is 0 Å². The van der Waals surface area contributed by atoms with Gasteiger partial charge < -0.3 is 26.2 Å². The Morgan fingerprint density at radius 3 is 2.59 bits per heavy atom. The zero-order valence-electron chi connectivity index (χ0n) is 22.8. The smallest absolute Gasteiger partial charge is 0.271 e. The van der Waals surface area contributed by atoms with E-state index in [0.29, 0.717) is 23.0 Å². The molecule has 206 valence electrons. The maximum absolute atomic E-state index is 13.0. The van der Waals surface area contributed by atoms with Gasteiger partial charge in [0, 0.05) is 36.9 Å². The fourth-order valence-electron chi connectivity index (χ4n) is 5.01. The van der Waals surface area contributed by atoms with Crippen LogP contribution in [-0.2, 0) is 6.54 Å². The number of nitrogens with one attached hydrogen (secondary N) is 2. The quantitative estimate of drug-likeness (QED) is 0.364. The van der Waals surface area contributed by atoms with Crippen molar-refractivity contribution in [3.8, 4) is 0 Å². The molecule has 11 nitrogen and oxygen atoms in total. The van der Waals surface area contributed by atoms with Crippen LogP contribution in [0, 0.1) is 0 Å². The summed E-state index contributed by atoms with van der Waals surface area (Å²) in [4.78, 5) is 38.4. The molecule has 1 aromatic carbocycles. The highest BCUT2D eigenvalue weighted by Gasteiger charge is 2.31. The topological polar surface area (TPSA) is 134 Å². The standard InChI is InChI=1S/C28H37N9O2/c1-18-23(33-28(39)21-10-8-20(9-11-21)19-6-7-19)5-4-12-37(18)24-16-30-25(26(29)38)27(34-24)32-22-15-31-36(17-22)14-13-35(2)3/h8-11,15-19,23H,4-7,12-14H2,1-3H3,(H2,29,38)(H,32,34)(H,33,39)/t18-,23-/m1/s1. The molecule has 1 saturated heterocycles. The van der Waals surface area contributed by atoms with Crippen molar-refractivity contribution in [2.24, 2.45) is 5.73 Å². The third-order valence-electron chi connectivity index (χ3n) is 7.49. The zero-order chi connectivity index (χ0) is 27.5. The van der Waals surface area contributed by atoms with Crippen molar-refractivity contribution in [1.29, 1.82) is 0 Å². The highest BCUT2D eigenvalue weighted by Crippen LogP contribution is 2.39. The highest BCUT2D eigenvalue weighted by molar-refractivity contribution is 5.96. The number of likely N-dealkylation sites (N-methyl/N-ethyl adjacent to an activating group) is 1. The zero-order valence-corrected chi connectivity index (χ0v) is 22.8. The lowest BCUT2D eigenvalue weighted by Gasteiger charge is -2.40. The summed E-state index contributed by atoms with van der Waals surface area (Å²) in [6.07, 6.45) is 9.34. The predicted octanol–water partition coefficient (Wildman–Crippen LogP) is 2.74. The molecule has 2 aromatic heterocycles. The molecular weight excluding hydrogens is 494 g/mol. The van der Waals surface area contributed by atoms with E-state index in [9.17, 15) is 9.59 Å². The predicted molar refractivity (Wildman–Crippen MR) is 150 cm³/mol. The SMILES string of the molecule is C[C@@H]1[C@H](NC(=O)c2ccc(C3CC3)cc2)CCCN1c1cnc(C(N)=O)c(Nc2cnn(CCN(C)C)c2)n1. The molecule has 2 atom stereocenters. The Morgan fingerprint density at radius 2 is 1.90 bits per heavy atom. The fraction of sp³-hybridized carbons (Fsp3) is 0.464. The van der Waals surface area contributed by atoms with E-state index in [2.05, 4.69) is 49.6 Å². The molecule has 2 aliphatic rings. The van der Waals surface area contributed by atoms with Crippen molar-refractivity contribution < 1.29 is 9.59 Å². The average Bonchev–Trinajstić information content (AvgIpc) is 3.68. The van der Waals surface area contributed by atoms with Crippen LogP contribution in [0.1, 0.15) is 64.9 Å². The number of carbonyl (C=O) groups is 2. The molecule has 4 N–H and O–H groups in total. The lowest BCUT2D eigenvalue weighted by Crippen LogP contribution is -2.54. The summed E-state index contributed by atoms with van der Waals surface area (Å²) in [5, 5.41) is 10.8. The molecule has 0 bridgehead atoms. The summed E-state index contributed by atoms with van der Waals surface area (Å²) in [6, 6.07) is 7.90.